The van der Waals surface area contributed by atoms with Crippen LogP contribution in [0.1, 0.15) is 0 Å². The van der Waals surface area contributed by atoms with E-state index in [0.717, 1.165) is 0 Å². The van der Waals surface area contributed by atoms with Gasteiger partial charge in [0, 0.05) is 0 Å². The predicted molar refractivity (Wildman–Crippen MR) is 29.7 cm³/mol. The van der Waals surface area contributed by atoms with Crippen molar-refractivity contribution in [3.8, 4) is 0 Å². The molecule has 0 amide bonds. The molecule has 0 aromatic heterocycles. The molecule has 5 heteroatoms. The molecule has 0 spiro atoms. The van der Waals surface area contributed by atoms with Gasteiger partial charge in [-0.25, -0.2) is 0 Å². The molecular formula is C2HCl3O2. The number of hydrogen-bond donors (Lipinski definition) is 0. The second kappa shape index (κ2) is 9.51. The highest BCUT2D eigenvalue weighted by Gasteiger charge is 1.72. The Morgan fingerprint density at radius 2 is 1.43 bits per heavy atom. The maximum Gasteiger partial charge on any atom is 0.313 e. The van der Waals surface area contributed by atoms with Crippen molar-refractivity contribution >= 4 is 45.2 Å². The van der Waals surface area contributed by atoms with E-state index in [1.54, 1.807) is 0 Å². The van der Waals surface area contributed by atoms with Crippen LogP contribution in [0.2, 0.25) is 0 Å². The summed E-state index contributed by atoms with van der Waals surface area (Å²) in [5.74, 6) is 0.222. The van der Waals surface area contributed by atoms with Crippen LogP contribution in [0.25, 0.3) is 0 Å². The van der Waals surface area contributed by atoms with Crippen LogP contribution >= 0.6 is 34.8 Å². The van der Waals surface area contributed by atoms with Gasteiger partial charge in [-0.2, -0.15) is 0 Å². The van der Waals surface area contributed by atoms with Crippen LogP contribution in [0.4, 0.5) is 4.79 Å². The quantitative estimate of drug-likeness (QED) is 0.404. The van der Waals surface area contributed by atoms with Gasteiger partial charge in [-0.15, -0.1) is 0 Å². The third kappa shape index (κ3) is 2500. The second-order valence-corrected chi connectivity index (χ2v) is 1.37. The molecule has 7 heavy (non-hydrogen) atoms. The third-order valence-corrected chi connectivity index (χ3v) is 0. The van der Waals surface area contributed by atoms with E-state index in [0.29, 0.717) is 0 Å². The minimum Gasteiger partial charge on any atom is -0.285 e. The lowest BCUT2D eigenvalue weighted by Gasteiger charge is -1.48. The van der Waals surface area contributed by atoms with E-state index in [4.69, 9.17) is 9.59 Å². The lowest BCUT2D eigenvalue weighted by Crippen LogP contribution is -1.46. The highest BCUT2D eigenvalue weighted by Crippen LogP contribution is 1.84. The Kier molecular flexibility index (Phi) is 13.9. The Bertz CT molecular complexity index is 58.0. The Morgan fingerprint density at radius 3 is 1.43 bits per heavy atom. The molecule has 0 heterocycles. The van der Waals surface area contributed by atoms with E-state index in [2.05, 4.69) is 34.8 Å². The van der Waals surface area contributed by atoms with Crippen molar-refractivity contribution in [3.63, 3.8) is 0 Å². The van der Waals surface area contributed by atoms with Gasteiger partial charge in [0.05, 0.1) is 0 Å². The summed E-state index contributed by atoms with van der Waals surface area (Å²) in [5, 5.41) is 0. The van der Waals surface area contributed by atoms with Crippen LogP contribution in [0.15, 0.2) is 0 Å². The van der Waals surface area contributed by atoms with Crippen molar-refractivity contribution in [2.75, 3.05) is 0 Å². The molecule has 0 radical (unpaired) electrons. The fourth-order valence-electron chi connectivity index (χ4n) is 0. The first kappa shape index (κ1) is 10.2. The average molecular weight is 163 g/mol. The van der Waals surface area contributed by atoms with Crippen molar-refractivity contribution < 1.29 is 9.59 Å². The summed E-state index contributed by atoms with van der Waals surface area (Å²) in [6, 6.07) is 0. The fraction of sp³-hybridized carbons (Fsp3) is 0. The molecule has 0 saturated heterocycles. The molecule has 0 aromatic rings. The number of halogens is 3. The van der Waals surface area contributed by atoms with Crippen molar-refractivity contribution in [2.24, 2.45) is 0 Å². The zero-order valence-corrected chi connectivity index (χ0v) is 5.30. The standard InChI is InChI=1S/CCl2O.CHClO/c2-1(3)4;2-1-3/h;1H. The Hall–Kier alpha value is 0.210. The fourth-order valence-corrected chi connectivity index (χ4v) is 0. The largest absolute Gasteiger partial charge is 0.313 e. The van der Waals surface area contributed by atoms with Gasteiger partial charge in [0.15, 0.2) is 0 Å². The van der Waals surface area contributed by atoms with E-state index >= 15 is 0 Å². The normalized spacial score (nSPS) is 5.57. The lowest BCUT2D eigenvalue weighted by atomic mass is 11.8. The van der Waals surface area contributed by atoms with Gasteiger partial charge in [-0.1, -0.05) is 0 Å². The number of hydrogen-bond acceptors (Lipinski definition) is 2. The van der Waals surface area contributed by atoms with Crippen LogP contribution in [0, 0.1) is 0 Å². The lowest BCUT2D eigenvalue weighted by molar-refractivity contribution is 0.275. The van der Waals surface area contributed by atoms with Crippen molar-refractivity contribution in [3.05, 3.63) is 0 Å². The van der Waals surface area contributed by atoms with E-state index in [1.807, 2.05) is 0 Å². The van der Waals surface area contributed by atoms with Crippen molar-refractivity contribution in [1.29, 1.82) is 0 Å². The number of rotatable bonds is 0. The summed E-state index contributed by atoms with van der Waals surface area (Å²) < 4.78 is -0.889. The van der Waals surface area contributed by atoms with Gasteiger partial charge in [-0.3, -0.25) is 9.59 Å². The van der Waals surface area contributed by atoms with Crippen molar-refractivity contribution in [2.45, 2.75) is 0 Å². The van der Waals surface area contributed by atoms with Gasteiger partial charge in [0.1, 0.15) is 0 Å². The minimum atomic E-state index is -0.889. The predicted octanol–water partition coefficient (Wildman–Crippen LogP) is 2.00. The molecule has 0 aliphatic rings. The zero-order chi connectivity index (χ0) is 6.28. The summed E-state index contributed by atoms with van der Waals surface area (Å²) in [7, 11) is 0. The van der Waals surface area contributed by atoms with Gasteiger partial charge >= 0.3 is 4.70 Å². The monoisotopic (exact) mass is 162 g/mol. The molecule has 0 unspecified atom stereocenters. The smallest absolute Gasteiger partial charge is 0.285 e. The Balaban J connectivity index is 0. The van der Waals surface area contributed by atoms with Crippen molar-refractivity contribution in [1.82, 2.24) is 0 Å². The Labute approximate surface area is 55.3 Å². The van der Waals surface area contributed by atoms with Gasteiger partial charge < -0.3 is 0 Å². The van der Waals surface area contributed by atoms with E-state index in [1.165, 1.54) is 0 Å². The summed E-state index contributed by atoms with van der Waals surface area (Å²) >= 11 is 13.1. The van der Waals surface area contributed by atoms with E-state index in [9.17, 15) is 0 Å². The summed E-state index contributed by atoms with van der Waals surface area (Å²) in [6.45, 7) is 0. The SMILES string of the molecule is O=C(Cl)Cl.O=CCl. The zero-order valence-electron chi connectivity index (χ0n) is 3.03. The topological polar surface area (TPSA) is 34.1 Å². The third-order valence-electron chi connectivity index (χ3n) is 0. The van der Waals surface area contributed by atoms with E-state index in [-0.39, 0.29) is 5.75 Å². The van der Waals surface area contributed by atoms with Crippen LogP contribution in [-0.4, -0.2) is 10.4 Å². The first-order valence-corrected chi connectivity index (χ1v) is 2.23. The van der Waals surface area contributed by atoms with E-state index < -0.39 is 4.70 Å². The maximum atomic E-state index is 8.98. The molecule has 2 nitrogen and oxygen atoms in total. The molecule has 0 aliphatic carbocycles. The summed E-state index contributed by atoms with van der Waals surface area (Å²) in [6.07, 6.45) is 0. The Morgan fingerprint density at radius 1 is 1.43 bits per heavy atom. The van der Waals surface area contributed by atoms with Crippen LogP contribution in [0.3, 0.4) is 0 Å². The maximum absolute atomic E-state index is 8.98. The molecule has 0 atom stereocenters. The minimum absolute atomic E-state index is 0.222. The molecule has 0 fully saturated rings. The highest BCUT2D eigenvalue weighted by molar-refractivity contribution is 6.93. The first-order valence-electron chi connectivity index (χ1n) is 1.04. The highest BCUT2D eigenvalue weighted by atomic mass is 35.5. The molecule has 0 saturated carbocycles. The first-order chi connectivity index (χ1) is 3.15. The molecular weight excluding hydrogens is 162 g/mol. The van der Waals surface area contributed by atoms with Gasteiger partial charge in [0.25, 0.3) is 0 Å². The molecule has 0 bridgehead atoms. The summed E-state index contributed by atoms with van der Waals surface area (Å²) in [4.78, 5) is 17.5. The molecule has 0 rings (SSSR count). The van der Waals surface area contributed by atoms with Gasteiger partial charge in [0.2, 0.25) is 5.75 Å². The van der Waals surface area contributed by atoms with Crippen LogP contribution in [0.5, 0.6) is 0 Å². The van der Waals surface area contributed by atoms with Gasteiger partial charge in [-0.05, 0) is 34.8 Å². The molecule has 42 valence electrons. The molecule has 0 aromatic carbocycles. The molecule has 0 aliphatic heterocycles. The van der Waals surface area contributed by atoms with Crippen LogP contribution in [-0.2, 0) is 4.79 Å². The number of carbonyl (C=O) groups excluding carboxylic acids is 2. The average Bonchev–Trinajstić information content (AvgIpc) is 1.33. The van der Waals surface area contributed by atoms with Crippen LogP contribution < -0.4 is 0 Å². The summed E-state index contributed by atoms with van der Waals surface area (Å²) in [5.41, 5.74) is 0. The molecule has 0 N–H and O–H groups in total. The second-order valence-electron chi connectivity index (χ2n) is 0.315. The number of carbonyl (C=O) groups is 2.